The van der Waals surface area contributed by atoms with Crippen LogP contribution in [0.25, 0.3) is 105 Å². The number of fused-ring (bicyclic) bond motifs is 9. The fourth-order valence-electron chi connectivity index (χ4n) is 8.93. The summed E-state index contributed by atoms with van der Waals surface area (Å²) in [6.07, 6.45) is 0. The Hall–Kier alpha value is -8.16. The minimum absolute atomic E-state index is 0.193. The molecule has 276 valence electrons. The van der Waals surface area contributed by atoms with Crippen LogP contribution in [0.3, 0.4) is 0 Å². The molecule has 7 heteroatoms. The van der Waals surface area contributed by atoms with Gasteiger partial charge in [-0.2, -0.15) is 0 Å². The van der Waals surface area contributed by atoms with Crippen molar-refractivity contribution in [3.8, 4) is 40.0 Å². The van der Waals surface area contributed by atoms with Gasteiger partial charge in [0.25, 0.3) is 5.56 Å². The van der Waals surface area contributed by atoms with Crippen LogP contribution in [-0.2, 0) is 0 Å². The van der Waals surface area contributed by atoms with Crippen LogP contribution in [0, 0.1) is 0 Å². The normalized spacial score (nSPS) is 11.8. The van der Waals surface area contributed by atoms with E-state index in [4.69, 9.17) is 15.0 Å². The van der Waals surface area contributed by atoms with Crippen molar-refractivity contribution in [2.75, 3.05) is 0 Å². The molecule has 5 heterocycles. The number of benzene rings is 7. The number of rotatable bonds is 5. The summed E-state index contributed by atoms with van der Waals surface area (Å²) in [4.78, 5) is 31.9. The van der Waals surface area contributed by atoms with Gasteiger partial charge in [0, 0.05) is 43.4 Å². The van der Waals surface area contributed by atoms with Crippen molar-refractivity contribution in [1.82, 2.24) is 28.7 Å². The molecule has 12 rings (SSSR count). The summed E-state index contributed by atoms with van der Waals surface area (Å²) in [6, 6.07) is 65.5. The maximum absolute atomic E-state index is 15.9. The molecule has 0 spiro atoms. The van der Waals surface area contributed by atoms with Crippen molar-refractivity contribution >= 4 is 65.4 Å². The summed E-state index contributed by atoms with van der Waals surface area (Å²) in [5.74, 6) is 1.14. The summed E-state index contributed by atoms with van der Waals surface area (Å²) in [5, 5.41) is 6.76. The van der Waals surface area contributed by atoms with E-state index in [-0.39, 0.29) is 5.56 Å². The highest BCUT2D eigenvalue weighted by molar-refractivity contribution is 6.28. The van der Waals surface area contributed by atoms with Gasteiger partial charge in [0.1, 0.15) is 17.0 Å². The zero-order valence-corrected chi connectivity index (χ0v) is 31.6. The van der Waals surface area contributed by atoms with E-state index >= 15 is 4.79 Å². The fraction of sp³-hybridized carbons (Fsp3) is 0. The highest BCUT2D eigenvalue weighted by Gasteiger charge is 2.28. The maximum atomic E-state index is 15.9. The van der Waals surface area contributed by atoms with Crippen LogP contribution in [0.2, 0.25) is 0 Å². The standard InChI is InChI=1S/C52H32N6O/c59-51-49-45(39-27-13-17-31-43(39)58(49)52-53-41-29-15-12-26-38(41)48(55-52)34-20-6-2-7-21-34)46-40-28-14-16-30-42(40)57(50(46)56(51)36-23-8-3-9-24-36)44-32-35-22-10-11-25-37(35)47(54-44)33-18-4-1-5-19-33/h1-32H. The topological polar surface area (TPSA) is 70.5 Å². The fourth-order valence-corrected chi connectivity index (χ4v) is 8.93. The summed E-state index contributed by atoms with van der Waals surface area (Å²) in [6.45, 7) is 0. The van der Waals surface area contributed by atoms with Crippen molar-refractivity contribution in [1.29, 1.82) is 0 Å². The third kappa shape index (κ3) is 4.95. The molecule has 7 nitrogen and oxygen atoms in total. The Labute approximate surface area is 337 Å². The molecular formula is C52H32N6O. The number of hydrogen-bond acceptors (Lipinski definition) is 4. The van der Waals surface area contributed by atoms with Gasteiger partial charge in [0.15, 0.2) is 0 Å². The van der Waals surface area contributed by atoms with Crippen molar-refractivity contribution in [3.63, 3.8) is 0 Å². The monoisotopic (exact) mass is 756 g/mol. The lowest BCUT2D eigenvalue weighted by Crippen LogP contribution is -2.23. The summed E-state index contributed by atoms with van der Waals surface area (Å²) in [5.41, 5.74) is 7.99. The smallest absolute Gasteiger partial charge is 0.279 e. The molecule has 0 fully saturated rings. The van der Waals surface area contributed by atoms with Gasteiger partial charge in [-0.1, -0.05) is 158 Å². The molecule has 0 aliphatic rings. The van der Waals surface area contributed by atoms with E-state index in [0.717, 1.165) is 88.1 Å². The molecule has 0 amide bonds. The van der Waals surface area contributed by atoms with Gasteiger partial charge < -0.3 is 0 Å². The molecule has 5 aromatic heterocycles. The molecule has 59 heavy (non-hydrogen) atoms. The van der Waals surface area contributed by atoms with Gasteiger partial charge in [-0.25, -0.2) is 15.0 Å². The van der Waals surface area contributed by atoms with Gasteiger partial charge in [-0.15, -0.1) is 0 Å². The first-order chi connectivity index (χ1) is 29.2. The second kappa shape index (κ2) is 12.9. The van der Waals surface area contributed by atoms with E-state index in [1.165, 1.54) is 0 Å². The molecule has 7 aromatic carbocycles. The van der Waals surface area contributed by atoms with Crippen LogP contribution in [0.4, 0.5) is 0 Å². The Balaban J connectivity index is 1.29. The molecule has 0 radical (unpaired) electrons. The zero-order chi connectivity index (χ0) is 39.0. The van der Waals surface area contributed by atoms with E-state index in [9.17, 15) is 0 Å². The average molecular weight is 757 g/mol. The lowest BCUT2D eigenvalue weighted by atomic mass is 10.0. The maximum Gasteiger partial charge on any atom is 0.281 e. The van der Waals surface area contributed by atoms with Crippen LogP contribution in [0.5, 0.6) is 0 Å². The van der Waals surface area contributed by atoms with Crippen molar-refractivity contribution in [3.05, 3.63) is 204 Å². The molecule has 0 N–H and O–H groups in total. The van der Waals surface area contributed by atoms with Crippen molar-refractivity contribution in [2.45, 2.75) is 0 Å². The van der Waals surface area contributed by atoms with E-state index in [0.29, 0.717) is 17.3 Å². The first kappa shape index (κ1) is 33.0. The molecular weight excluding hydrogens is 725 g/mol. The van der Waals surface area contributed by atoms with Gasteiger partial charge in [0.2, 0.25) is 5.95 Å². The summed E-state index contributed by atoms with van der Waals surface area (Å²) >= 11 is 0. The van der Waals surface area contributed by atoms with Crippen LogP contribution >= 0.6 is 0 Å². The van der Waals surface area contributed by atoms with Crippen LogP contribution in [-0.4, -0.2) is 28.7 Å². The second-order valence-electron chi connectivity index (χ2n) is 14.8. The highest BCUT2D eigenvalue weighted by atomic mass is 16.1. The second-order valence-corrected chi connectivity index (χ2v) is 14.8. The third-order valence-electron chi connectivity index (χ3n) is 11.4. The predicted octanol–water partition coefficient (Wildman–Crippen LogP) is 11.9. The quantitative estimate of drug-likeness (QED) is 0.175. The van der Waals surface area contributed by atoms with Crippen LogP contribution in [0.15, 0.2) is 199 Å². The SMILES string of the molecule is O=c1c2c(c3ccccc3n2-c2nc(-c3ccccc3)c3ccccc3n2)c2c3ccccc3n(-c3cc4ccccc4c(-c4ccccc4)n3)c2n1-c1ccccc1. The van der Waals surface area contributed by atoms with Crippen molar-refractivity contribution in [2.24, 2.45) is 0 Å². The van der Waals surface area contributed by atoms with Gasteiger partial charge in [-0.3, -0.25) is 18.5 Å². The summed E-state index contributed by atoms with van der Waals surface area (Å²) in [7, 11) is 0. The molecule has 0 saturated carbocycles. The zero-order valence-electron chi connectivity index (χ0n) is 31.6. The number of para-hydroxylation sites is 4. The first-order valence-electron chi connectivity index (χ1n) is 19.7. The number of pyridine rings is 2. The summed E-state index contributed by atoms with van der Waals surface area (Å²) < 4.78 is 5.99. The molecule has 0 aliphatic heterocycles. The minimum Gasteiger partial charge on any atom is -0.279 e. The van der Waals surface area contributed by atoms with Gasteiger partial charge >= 0.3 is 0 Å². The van der Waals surface area contributed by atoms with Crippen LogP contribution < -0.4 is 5.56 Å². The molecule has 0 unspecified atom stereocenters. The third-order valence-corrected chi connectivity index (χ3v) is 11.4. The Morgan fingerprint density at radius 1 is 0.407 bits per heavy atom. The minimum atomic E-state index is -0.193. The Morgan fingerprint density at radius 2 is 0.932 bits per heavy atom. The largest absolute Gasteiger partial charge is 0.281 e. The molecule has 0 saturated heterocycles. The molecule has 0 bridgehead atoms. The lowest BCUT2D eigenvalue weighted by molar-refractivity contribution is 0.955. The number of hydrogen-bond donors (Lipinski definition) is 0. The van der Waals surface area contributed by atoms with E-state index < -0.39 is 0 Å². The molecule has 0 atom stereocenters. The van der Waals surface area contributed by atoms with Gasteiger partial charge in [-0.05, 0) is 41.8 Å². The Kier molecular flexibility index (Phi) is 7.24. The van der Waals surface area contributed by atoms with Crippen molar-refractivity contribution < 1.29 is 0 Å². The van der Waals surface area contributed by atoms with Gasteiger partial charge in [0.05, 0.1) is 33.6 Å². The van der Waals surface area contributed by atoms with E-state index in [1.54, 1.807) is 0 Å². The van der Waals surface area contributed by atoms with Crippen LogP contribution in [0.1, 0.15) is 0 Å². The van der Waals surface area contributed by atoms with E-state index in [1.807, 2.05) is 106 Å². The number of nitrogens with zero attached hydrogens (tertiary/aromatic N) is 6. The lowest BCUT2D eigenvalue weighted by Gasteiger charge is -2.16. The average Bonchev–Trinajstić information content (AvgIpc) is 3.83. The Bertz CT molecular complexity index is 3680. The van der Waals surface area contributed by atoms with E-state index in [2.05, 4.69) is 102 Å². The Morgan fingerprint density at radius 3 is 1.63 bits per heavy atom. The number of aromatic nitrogens is 6. The molecule has 12 aromatic rings. The molecule has 0 aliphatic carbocycles. The first-order valence-corrected chi connectivity index (χ1v) is 19.7. The highest BCUT2D eigenvalue weighted by Crippen LogP contribution is 2.42. The predicted molar refractivity (Wildman–Crippen MR) is 240 cm³/mol.